The molecule has 1 aliphatic heterocycles. The number of halogens is 4. The molecule has 1 unspecified atom stereocenters. The molecule has 0 saturated carbocycles. The Morgan fingerprint density at radius 1 is 1.09 bits per heavy atom. The Bertz CT molecular complexity index is 708. The van der Waals surface area contributed by atoms with Crippen LogP contribution in [0, 0.1) is 12.7 Å². The number of rotatable bonds is 2. The van der Waals surface area contributed by atoms with E-state index in [4.69, 9.17) is 4.74 Å². The second-order valence-electron chi connectivity index (χ2n) is 5.47. The van der Waals surface area contributed by atoms with Crippen molar-refractivity contribution in [2.75, 3.05) is 0 Å². The summed E-state index contributed by atoms with van der Waals surface area (Å²) in [6.45, 7) is 1.83. The minimum absolute atomic E-state index is 0.118. The van der Waals surface area contributed by atoms with Crippen molar-refractivity contribution in [2.24, 2.45) is 0 Å². The Labute approximate surface area is 130 Å². The summed E-state index contributed by atoms with van der Waals surface area (Å²) in [6.07, 6.45) is -6.59. The summed E-state index contributed by atoms with van der Waals surface area (Å²) in [5.41, 5.74) is 3.35. The zero-order valence-corrected chi connectivity index (χ0v) is 12.3. The van der Waals surface area contributed by atoms with Crippen molar-refractivity contribution in [2.45, 2.75) is 32.6 Å². The summed E-state index contributed by atoms with van der Waals surface area (Å²) in [5, 5.41) is 0. The van der Waals surface area contributed by atoms with Gasteiger partial charge < -0.3 is 4.74 Å². The Morgan fingerprint density at radius 3 is 2.43 bits per heavy atom. The summed E-state index contributed by atoms with van der Waals surface area (Å²) in [4.78, 5) is 0. The van der Waals surface area contributed by atoms with Crippen molar-refractivity contribution in [3.63, 3.8) is 0 Å². The summed E-state index contributed by atoms with van der Waals surface area (Å²) in [7, 11) is 0. The van der Waals surface area contributed by atoms with Gasteiger partial charge in [-0.05, 0) is 41.3 Å². The van der Waals surface area contributed by atoms with Crippen LogP contribution in [0.25, 0.3) is 11.1 Å². The molecule has 0 radical (unpaired) electrons. The molecule has 6 heteroatoms. The Hall–Kier alpha value is -1.92. The normalized spacial score (nSPS) is 17.9. The predicted octanol–water partition coefficient (Wildman–Crippen LogP) is 4.74. The standard InChI is InChI=1S/C17H14F4O2/c1-10-2-4-11(5-3-10)12-6-13-9-22-16(23-17(19,20)21)8-14(13)15(18)7-12/h2-7,16H,8-9H2,1H3. The highest BCUT2D eigenvalue weighted by atomic mass is 19.4. The van der Waals surface area contributed by atoms with Crippen LogP contribution in [-0.2, 0) is 22.5 Å². The van der Waals surface area contributed by atoms with Crippen LogP contribution in [0.1, 0.15) is 16.7 Å². The molecule has 0 bridgehead atoms. The van der Waals surface area contributed by atoms with Gasteiger partial charge in [0.25, 0.3) is 0 Å². The molecule has 0 N–H and O–H groups in total. The number of benzene rings is 2. The lowest BCUT2D eigenvalue weighted by Crippen LogP contribution is -2.31. The molecule has 2 aromatic carbocycles. The average molecular weight is 326 g/mol. The minimum atomic E-state index is -4.81. The molecule has 0 aliphatic carbocycles. The quantitative estimate of drug-likeness (QED) is 0.743. The van der Waals surface area contributed by atoms with E-state index in [1.165, 1.54) is 6.07 Å². The van der Waals surface area contributed by atoms with Gasteiger partial charge in [0.05, 0.1) is 6.61 Å². The molecule has 1 heterocycles. The maximum atomic E-state index is 14.3. The van der Waals surface area contributed by atoms with E-state index in [1.54, 1.807) is 6.07 Å². The molecule has 0 saturated heterocycles. The summed E-state index contributed by atoms with van der Waals surface area (Å²) in [5.74, 6) is -0.544. The van der Waals surface area contributed by atoms with E-state index in [0.29, 0.717) is 11.1 Å². The molecule has 1 aliphatic rings. The van der Waals surface area contributed by atoms with Gasteiger partial charge in [-0.15, -0.1) is 13.2 Å². The first kappa shape index (κ1) is 16.0. The fraction of sp³-hybridized carbons (Fsp3) is 0.294. The van der Waals surface area contributed by atoms with Crippen LogP contribution in [0.15, 0.2) is 36.4 Å². The zero-order chi connectivity index (χ0) is 16.6. The third-order valence-corrected chi connectivity index (χ3v) is 3.73. The average Bonchev–Trinajstić information content (AvgIpc) is 2.47. The zero-order valence-electron chi connectivity index (χ0n) is 12.3. The Balaban J connectivity index is 1.88. The van der Waals surface area contributed by atoms with E-state index in [1.807, 2.05) is 31.2 Å². The summed E-state index contributed by atoms with van der Waals surface area (Å²) < 4.78 is 59.9. The van der Waals surface area contributed by atoms with E-state index >= 15 is 0 Å². The number of alkyl halides is 3. The van der Waals surface area contributed by atoms with Crippen LogP contribution in [0.2, 0.25) is 0 Å². The van der Waals surface area contributed by atoms with Gasteiger partial charge in [0.2, 0.25) is 0 Å². The molecule has 0 fully saturated rings. The smallest absolute Gasteiger partial charge is 0.347 e. The van der Waals surface area contributed by atoms with Crippen molar-refractivity contribution in [3.05, 3.63) is 58.9 Å². The SMILES string of the molecule is Cc1ccc(-c2cc(F)c3c(c2)COC(OC(F)(F)F)C3)cc1. The highest BCUT2D eigenvalue weighted by molar-refractivity contribution is 5.65. The van der Waals surface area contributed by atoms with Crippen molar-refractivity contribution >= 4 is 0 Å². The fourth-order valence-electron chi connectivity index (χ4n) is 2.60. The maximum absolute atomic E-state index is 14.3. The van der Waals surface area contributed by atoms with E-state index in [2.05, 4.69) is 4.74 Å². The monoisotopic (exact) mass is 326 g/mol. The van der Waals surface area contributed by atoms with Gasteiger partial charge in [0.1, 0.15) is 5.82 Å². The van der Waals surface area contributed by atoms with Crippen LogP contribution in [0.3, 0.4) is 0 Å². The molecule has 0 spiro atoms. The molecular weight excluding hydrogens is 312 g/mol. The molecule has 23 heavy (non-hydrogen) atoms. The lowest BCUT2D eigenvalue weighted by molar-refractivity contribution is -0.381. The first-order valence-electron chi connectivity index (χ1n) is 7.06. The molecule has 2 aromatic rings. The van der Waals surface area contributed by atoms with Crippen molar-refractivity contribution in [3.8, 4) is 11.1 Å². The number of hydrogen-bond acceptors (Lipinski definition) is 2. The largest absolute Gasteiger partial charge is 0.524 e. The number of hydrogen-bond donors (Lipinski definition) is 0. The number of ether oxygens (including phenoxy) is 2. The second-order valence-corrected chi connectivity index (χ2v) is 5.47. The Kier molecular flexibility index (Phi) is 4.12. The molecular formula is C17H14F4O2. The van der Waals surface area contributed by atoms with E-state index < -0.39 is 18.5 Å². The third kappa shape index (κ3) is 3.71. The van der Waals surface area contributed by atoms with Crippen LogP contribution < -0.4 is 0 Å². The predicted molar refractivity (Wildman–Crippen MR) is 76.0 cm³/mol. The third-order valence-electron chi connectivity index (χ3n) is 3.73. The second kappa shape index (κ2) is 5.94. The van der Waals surface area contributed by atoms with E-state index in [0.717, 1.165) is 11.1 Å². The van der Waals surface area contributed by atoms with Gasteiger partial charge in [-0.2, -0.15) is 0 Å². The molecule has 2 nitrogen and oxygen atoms in total. The van der Waals surface area contributed by atoms with Crippen LogP contribution in [0.5, 0.6) is 0 Å². The molecule has 1 atom stereocenters. The number of fused-ring (bicyclic) bond motifs is 1. The lowest BCUT2D eigenvalue weighted by atomic mass is 9.95. The Morgan fingerprint density at radius 2 is 1.78 bits per heavy atom. The maximum Gasteiger partial charge on any atom is 0.524 e. The van der Waals surface area contributed by atoms with Crippen molar-refractivity contribution in [1.82, 2.24) is 0 Å². The lowest BCUT2D eigenvalue weighted by Gasteiger charge is -2.26. The molecule has 0 amide bonds. The van der Waals surface area contributed by atoms with Gasteiger partial charge in [0, 0.05) is 6.42 Å². The highest BCUT2D eigenvalue weighted by Gasteiger charge is 2.36. The first-order valence-corrected chi connectivity index (χ1v) is 7.06. The molecule has 0 aromatic heterocycles. The highest BCUT2D eigenvalue weighted by Crippen LogP contribution is 2.32. The van der Waals surface area contributed by atoms with Crippen LogP contribution in [0.4, 0.5) is 17.6 Å². The minimum Gasteiger partial charge on any atom is -0.347 e. The van der Waals surface area contributed by atoms with Gasteiger partial charge in [-0.25, -0.2) is 4.39 Å². The first-order chi connectivity index (χ1) is 10.8. The number of aryl methyl sites for hydroxylation is 1. The van der Waals surface area contributed by atoms with Gasteiger partial charge >= 0.3 is 6.36 Å². The van der Waals surface area contributed by atoms with Gasteiger partial charge in [-0.1, -0.05) is 29.8 Å². The summed E-state index contributed by atoms with van der Waals surface area (Å²) >= 11 is 0. The van der Waals surface area contributed by atoms with Crippen molar-refractivity contribution in [1.29, 1.82) is 0 Å². The fourth-order valence-corrected chi connectivity index (χ4v) is 2.60. The van der Waals surface area contributed by atoms with E-state index in [9.17, 15) is 17.6 Å². The van der Waals surface area contributed by atoms with Crippen LogP contribution >= 0.6 is 0 Å². The molecule has 122 valence electrons. The van der Waals surface area contributed by atoms with Gasteiger partial charge in [0.15, 0.2) is 6.29 Å². The van der Waals surface area contributed by atoms with Gasteiger partial charge in [-0.3, -0.25) is 4.74 Å². The molecule has 3 rings (SSSR count). The topological polar surface area (TPSA) is 18.5 Å². The van der Waals surface area contributed by atoms with Crippen LogP contribution in [-0.4, -0.2) is 12.7 Å². The summed E-state index contributed by atoms with van der Waals surface area (Å²) in [6, 6.07) is 10.6. The van der Waals surface area contributed by atoms with E-state index in [-0.39, 0.29) is 18.6 Å². The van der Waals surface area contributed by atoms with Crippen molar-refractivity contribution < 1.29 is 27.0 Å².